The van der Waals surface area contributed by atoms with Crippen molar-refractivity contribution in [2.24, 2.45) is 5.92 Å². The van der Waals surface area contributed by atoms with Crippen LogP contribution in [0.15, 0.2) is 65.3 Å². The first-order chi connectivity index (χ1) is 14.7. The Labute approximate surface area is 177 Å². The standard InChI is InChI=1S/C24H28N4O2/c1-18(9-10-19-6-3-2-4-7-19)25-24(29)20-13-15-28(16-14-20)23-12-11-21(26-27-23)22-8-5-17-30-22/h2-8,11-12,17-18,20H,9-10,13-16H2,1H3,(H,25,29). The number of piperidine rings is 1. The van der Waals surface area contributed by atoms with E-state index in [2.05, 4.69) is 51.6 Å². The van der Waals surface area contributed by atoms with Gasteiger partial charge in [-0.1, -0.05) is 30.3 Å². The maximum Gasteiger partial charge on any atom is 0.223 e. The molecule has 0 bridgehead atoms. The van der Waals surface area contributed by atoms with Gasteiger partial charge in [0.15, 0.2) is 11.6 Å². The van der Waals surface area contributed by atoms with Gasteiger partial charge in [-0.05, 0) is 62.4 Å². The number of carbonyl (C=O) groups is 1. The number of nitrogens with zero attached hydrogens (tertiary/aromatic N) is 3. The van der Waals surface area contributed by atoms with Gasteiger partial charge >= 0.3 is 0 Å². The Balaban J connectivity index is 1.23. The van der Waals surface area contributed by atoms with Gasteiger partial charge in [-0.15, -0.1) is 10.2 Å². The minimum absolute atomic E-state index is 0.0655. The molecular weight excluding hydrogens is 376 g/mol. The van der Waals surface area contributed by atoms with E-state index in [1.54, 1.807) is 6.26 Å². The van der Waals surface area contributed by atoms with Crippen LogP contribution in [0.5, 0.6) is 0 Å². The van der Waals surface area contributed by atoms with Crippen molar-refractivity contribution in [3.8, 4) is 11.5 Å². The zero-order chi connectivity index (χ0) is 20.8. The Morgan fingerprint density at radius 3 is 2.57 bits per heavy atom. The summed E-state index contributed by atoms with van der Waals surface area (Å²) >= 11 is 0. The average Bonchev–Trinajstić information content (AvgIpc) is 3.34. The van der Waals surface area contributed by atoms with Crippen LogP contribution in [0, 0.1) is 5.92 Å². The van der Waals surface area contributed by atoms with Gasteiger partial charge in [0.25, 0.3) is 0 Å². The molecule has 1 fully saturated rings. The second-order valence-electron chi connectivity index (χ2n) is 7.95. The first-order valence-electron chi connectivity index (χ1n) is 10.7. The molecule has 0 spiro atoms. The number of aromatic nitrogens is 2. The molecule has 30 heavy (non-hydrogen) atoms. The Hall–Kier alpha value is -3.15. The number of benzene rings is 1. The molecule has 2 aromatic heterocycles. The number of aryl methyl sites for hydroxylation is 1. The molecule has 1 N–H and O–H groups in total. The fourth-order valence-electron chi connectivity index (χ4n) is 3.88. The number of carbonyl (C=O) groups excluding carboxylic acids is 1. The fraction of sp³-hybridized carbons (Fsp3) is 0.375. The lowest BCUT2D eigenvalue weighted by Gasteiger charge is -2.32. The third-order valence-electron chi connectivity index (χ3n) is 5.71. The maximum absolute atomic E-state index is 12.7. The number of furan rings is 1. The number of anilines is 1. The SMILES string of the molecule is CC(CCc1ccccc1)NC(=O)C1CCN(c2ccc(-c3ccco3)nn2)CC1. The van der Waals surface area contributed by atoms with E-state index in [9.17, 15) is 4.79 Å². The molecule has 0 saturated carbocycles. The van der Waals surface area contributed by atoms with Crippen molar-refractivity contribution >= 4 is 11.7 Å². The smallest absolute Gasteiger partial charge is 0.223 e. The van der Waals surface area contributed by atoms with Crippen LogP contribution in [0.2, 0.25) is 0 Å². The van der Waals surface area contributed by atoms with Gasteiger partial charge in [-0.2, -0.15) is 0 Å². The highest BCUT2D eigenvalue weighted by Crippen LogP contribution is 2.24. The lowest BCUT2D eigenvalue weighted by molar-refractivity contribution is -0.126. The van der Waals surface area contributed by atoms with Gasteiger partial charge < -0.3 is 14.6 Å². The molecule has 1 saturated heterocycles. The van der Waals surface area contributed by atoms with E-state index in [1.165, 1.54) is 5.56 Å². The van der Waals surface area contributed by atoms with E-state index in [0.29, 0.717) is 5.76 Å². The number of rotatable bonds is 7. The lowest BCUT2D eigenvalue weighted by atomic mass is 9.95. The summed E-state index contributed by atoms with van der Waals surface area (Å²) in [5.74, 6) is 1.80. The minimum Gasteiger partial charge on any atom is -0.463 e. The molecule has 3 aromatic rings. The van der Waals surface area contributed by atoms with E-state index in [0.717, 1.165) is 50.3 Å². The summed E-state index contributed by atoms with van der Waals surface area (Å²) in [7, 11) is 0. The molecule has 6 nitrogen and oxygen atoms in total. The van der Waals surface area contributed by atoms with E-state index >= 15 is 0 Å². The zero-order valence-corrected chi connectivity index (χ0v) is 17.3. The normalized spacial score (nSPS) is 15.7. The highest BCUT2D eigenvalue weighted by atomic mass is 16.3. The highest BCUT2D eigenvalue weighted by Gasteiger charge is 2.26. The number of hydrogen-bond donors (Lipinski definition) is 1. The van der Waals surface area contributed by atoms with Crippen LogP contribution in [0.3, 0.4) is 0 Å². The van der Waals surface area contributed by atoms with Crippen molar-refractivity contribution in [2.75, 3.05) is 18.0 Å². The summed E-state index contributed by atoms with van der Waals surface area (Å²) in [6.07, 6.45) is 5.22. The van der Waals surface area contributed by atoms with Crippen LogP contribution in [-0.2, 0) is 11.2 Å². The minimum atomic E-state index is 0.0655. The van der Waals surface area contributed by atoms with E-state index in [-0.39, 0.29) is 17.9 Å². The average molecular weight is 405 g/mol. The van der Waals surface area contributed by atoms with Gasteiger partial charge in [0, 0.05) is 25.0 Å². The van der Waals surface area contributed by atoms with Crippen molar-refractivity contribution in [1.29, 1.82) is 0 Å². The molecule has 0 radical (unpaired) electrons. The molecule has 3 heterocycles. The van der Waals surface area contributed by atoms with Gasteiger partial charge in [0.2, 0.25) is 5.91 Å². The molecule has 1 aliphatic rings. The number of amides is 1. The van der Waals surface area contributed by atoms with Crippen molar-refractivity contribution in [1.82, 2.24) is 15.5 Å². The molecule has 1 aliphatic heterocycles. The largest absolute Gasteiger partial charge is 0.463 e. The Kier molecular flexibility index (Phi) is 6.42. The zero-order valence-electron chi connectivity index (χ0n) is 17.3. The first-order valence-corrected chi connectivity index (χ1v) is 10.7. The predicted molar refractivity (Wildman–Crippen MR) is 117 cm³/mol. The topological polar surface area (TPSA) is 71.3 Å². The Morgan fingerprint density at radius 1 is 1.10 bits per heavy atom. The van der Waals surface area contributed by atoms with Crippen molar-refractivity contribution in [2.45, 2.75) is 38.6 Å². The summed E-state index contributed by atoms with van der Waals surface area (Å²) in [4.78, 5) is 14.9. The maximum atomic E-state index is 12.7. The summed E-state index contributed by atoms with van der Waals surface area (Å²) in [5.41, 5.74) is 2.04. The van der Waals surface area contributed by atoms with E-state index < -0.39 is 0 Å². The molecule has 6 heteroatoms. The summed E-state index contributed by atoms with van der Waals surface area (Å²) in [6.45, 7) is 3.71. The second kappa shape index (κ2) is 9.57. The summed E-state index contributed by atoms with van der Waals surface area (Å²) < 4.78 is 5.36. The third-order valence-corrected chi connectivity index (χ3v) is 5.71. The monoisotopic (exact) mass is 404 g/mol. The summed E-state index contributed by atoms with van der Waals surface area (Å²) in [6, 6.07) is 18.2. The predicted octanol–water partition coefficient (Wildman–Crippen LogP) is 4.09. The fourth-order valence-corrected chi connectivity index (χ4v) is 3.88. The molecule has 0 aliphatic carbocycles. The molecule has 1 amide bonds. The molecule has 4 rings (SSSR count). The van der Waals surface area contributed by atoms with Crippen LogP contribution in [0.25, 0.3) is 11.5 Å². The Morgan fingerprint density at radius 2 is 1.90 bits per heavy atom. The van der Waals surface area contributed by atoms with Gasteiger partial charge in [-0.25, -0.2) is 0 Å². The first kappa shape index (κ1) is 20.1. The van der Waals surface area contributed by atoms with Crippen LogP contribution in [0.1, 0.15) is 31.7 Å². The van der Waals surface area contributed by atoms with Crippen molar-refractivity contribution in [3.05, 3.63) is 66.4 Å². The Bertz CT molecular complexity index is 918. The summed E-state index contributed by atoms with van der Waals surface area (Å²) in [5, 5.41) is 11.8. The number of hydrogen-bond acceptors (Lipinski definition) is 5. The molecule has 156 valence electrons. The van der Waals surface area contributed by atoms with Crippen LogP contribution in [-0.4, -0.2) is 35.2 Å². The second-order valence-corrected chi connectivity index (χ2v) is 7.95. The molecule has 1 aromatic carbocycles. The highest BCUT2D eigenvalue weighted by molar-refractivity contribution is 5.79. The van der Waals surface area contributed by atoms with Gasteiger partial charge in [0.1, 0.15) is 5.69 Å². The van der Waals surface area contributed by atoms with Crippen LogP contribution in [0.4, 0.5) is 5.82 Å². The van der Waals surface area contributed by atoms with Crippen LogP contribution < -0.4 is 10.2 Å². The lowest BCUT2D eigenvalue weighted by Crippen LogP contribution is -2.43. The molecule has 1 atom stereocenters. The van der Waals surface area contributed by atoms with Crippen LogP contribution >= 0.6 is 0 Å². The molecule has 1 unspecified atom stereocenters. The number of nitrogens with one attached hydrogen (secondary N) is 1. The quantitative estimate of drug-likeness (QED) is 0.642. The molecular formula is C24H28N4O2. The van der Waals surface area contributed by atoms with Crippen molar-refractivity contribution in [3.63, 3.8) is 0 Å². The van der Waals surface area contributed by atoms with E-state index in [4.69, 9.17) is 4.42 Å². The van der Waals surface area contributed by atoms with E-state index in [1.807, 2.05) is 30.3 Å². The van der Waals surface area contributed by atoms with Gasteiger partial charge in [-0.3, -0.25) is 4.79 Å². The van der Waals surface area contributed by atoms with Crippen molar-refractivity contribution < 1.29 is 9.21 Å². The third kappa shape index (κ3) is 5.06. The van der Waals surface area contributed by atoms with Gasteiger partial charge in [0.05, 0.1) is 6.26 Å².